The molecular formula is C10H10ClFO2. The van der Waals surface area contributed by atoms with Crippen molar-refractivity contribution in [3.8, 4) is 5.75 Å². The molecule has 0 saturated carbocycles. The molecule has 0 heterocycles. The average molecular weight is 217 g/mol. The summed E-state index contributed by atoms with van der Waals surface area (Å²) >= 11 is 5.63. The van der Waals surface area contributed by atoms with Gasteiger partial charge in [-0.15, -0.1) is 0 Å². The first kappa shape index (κ1) is 11.0. The van der Waals surface area contributed by atoms with Crippen molar-refractivity contribution in [2.24, 2.45) is 0 Å². The van der Waals surface area contributed by atoms with Crippen LogP contribution in [-0.4, -0.2) is 13.4 Å². The van der Waals surface area contributed by atoms with Crippen molar-refractivity contribution in [3.05, 3.63) is 28.5 Å². The monoisotopic (exact) mass is 216 g/mol. The van der Waals surface area contributed by atoms with Crippen LogP contribution in [0.5, 0.6) is 5.75 Å². The lowest BCUT2D eigenvalue weighted by atomic mass is 10.1. The standard InChI is InChI=1S/C10H10ClFO2/c1-14-8-5-7(3-2-4-13)10(12)9(11)6-8/h4-6H,2-3H2,1H3. The van der Waals surface area contributed by atoms with E-state index in [2.05, 4.69) is 0 Å². The molecule has 0 spiro atoms. The van der Waals surface area contributed by atoms with E-state index >= 15 is 0 Å². The fourth-order valence-corrected chi connectivity index (χ4v) is 1.36. The maximum atomic E-state index is 13.3. The van der Waals surface area contributed by atoms with Crippen molar-refractivity contribution in [3.63, 3.8) is 0 Å². The van der Waals surface area contributed by atoms with Gasteiger partial charge in [-0.1, -0.05) is 11.6 Å². The zero-order valence-corrected chi connectivity index (χ0v) is 8.47. The summed E-state index contributed by atoms with van der Waals surface area (Å²) in [5, 5.41) is 0.0187. The second-order valence-electron chi connectivity index (χ2n) is 2.79. The third-order valence-electron chi connectivity index (χ3n) is 1.84. The van der Waals surface area contributed by atoms with Crippen LogP contribution in [0.1, 0.15) is 12.0 Å². The molecule has 76 valence electrons. The van der Waals surface area contributed by atoms with Gasteiger partial charge in [0.2, 0.25) is 0 Å². The van der Waals surface area contributed by atoms with Crippen LogP contribution in [-0.2, 0) is 11.2 Å². The molecular weight excluding hydrogens is 207 g/mol. The number of ether oxygens (including phenoxy) is 1. The van der Waals surface area contributed by atoms with E-state index in [1.165, 1.54) is 13.2 Å². The Morgan fingerprint density at radius 3 is 2.86 bits per heavy atom. The van der Waals surface area contributed by atoms with Gasteiger partial charge in [-0.25, -0.2) is 4.39 Å². The second kappa shape index (κ2) is 4.96. The van der Waals surface area contributed by atoms with Crippen LogP contribution in [0.25, 0.3) is 0 Å². The molecule has 0 saturated heterocycles. The maximum Gasteiger partial charge on any atom is 0.145 e. The molecule has 0 fully saturated rings. The third-order valence-corrected chi connectivity index (χ3v) is 2.12. The number of carbonyl (C=O) groups is 1. The Morgan fingerprint density at radius 1 is 1.57 bits per heavy atom. The minimum Gasteiger partial charge on any atom is -0.497 e. The molecule has 4 heteroatoms. The molecule has 0 aliphatic rings. The molecule has 1 aromatic rings. The molecule has 0 unspecified atom stereocenters. The van der Waals surface area contributed by atoms with Crippen molar-refractivity contribution >= 4 is 17.9 Å². The lowest BCUT2D eigenvalue weighted by Crippen LogP contribution is -1.94. The number of aldehydes is 1. The average Bonchev–Trinajstić information content (AvgIpc) is 2.20. The van der Waals surface area contributed by atoms with Crippen molar-refractivity contribution in [2.45, 2.75) is 12.8 Å². The van der Waals surface area contributed by atoms with Crippen LogP contribution in [0.2, 0.25) is 5.02 Å². The summed E-state index contributed by atoms with van der Waals surface area (Å²) in [6.45, 7) is 0. The Morgan fingerprint density at radius 2 is 2.29 bits per heavy atom. The van der Waals surface area contributed by atoms with Gasteiger partial charge in [0.05, 0.1) is 12.1 Å². The Kier molecular flexibility index (Phi) is 3.89. The van der Waals surface area contributed by atoms with Crippen LogP contribution in [0.3, 0.4) is 0 Å². The highest BCUT2D eigenvalue weighted by Gasteiger charge is 2.09. The summed E-state index contributed by atoms with van der Waals surface area (Å²) in [4.78, 5) is 10.1. The molecule has 14 heavy (non-hydrogen) atoms. The molecule has 2 nitrogen and oxygen atoms in total. The highest BCUT2D eigenvalue weighted by molar-refractivity contribution is 6.30. The first-order chi connectivity index (χ1) is 6.69. The molecule has 0 bridgehead atoms. The second-order valence-corrected chi connectivity index (χ2v) is 3.19. The van der Waals surface area contributed by atoms with E-state index in [1.54, 1.807) is 6.07 Å². The maximum absolute atomic E-state index is 13.3. The number of methoxy groups -OCH3 is 1. The summed E-state index contributed by atoms with van der Waals surface area (Å²) < 4.78 is 18.3. The first-order valence-electron chi connectivity index (χ1n) is 4.14. The summed E-state index contributed by atoms with van der Waals surface area (Å²) in [7, 11) is 1.48. The van der Waals surface area contributed by atoms with Gasteiger partial charge in [0.1, 0.15) is 17.9 Å². The lowest BCUT2D eigenvalue weighted by molar-refractivity contribution is -0.107. The van der Waals surface area contributed by atoms with Crippen LogP contribution >= 0.6 is 11.6 Å². The van der Waals surface area contributed by atoms with Crippen LogP contribution in [0.15, 0.2) is 12.1 Å². The Labute approximate surface area is 86.6 Å². The summed E-state index contributed by atoms with van der Waals surface area (Å²) in [6.07, 6.45) is 1.36. The smallest absolute Gasteiger partial charge is 0.145 e. The zero-order chi connectivity index (χ0) is 10.6. The van der Waals surface area contributed by atoms with E-state index in [9.17, 15) is 9.18 Å². The van der Waals surface area contributed by atoms with Crippen LogP contribution in [0, 0.1) is 5.82 Å². The molecule has 0 amide bonds. The lowest BCUT2D eigenvalue weighted by Gasteiger charge is -2.06. The molecule has 0 radical (unpaired) electrons. The fraction of sp³-hybridized carbons (Fsp3) is 0.300. The number of carbonyl (C=O) groups excluding carboxylic acids is 1. The fourth-order valence-electron chi connectivity index (χ4n) is 1.13. The Hall–Kier alpha value is -1.09. The summed E-state index contributed by atoms with van der Waals surface area (Å²) in [6, 6.07) is 2.95. The van der Waals surface area contributed by atoms with Gasteiger partial charge in [0, 0.05) is 12.5 Å². The molecule has 1 aromatic carbocycles. The van der Waals surface area contributed by atoms with Crippen molar-refractivity contribution in [1.29, 1.82) is 0 Å². The molecule has 0 aromatic heterocycles. The molecule has 0 aliphatic carbocycles. The highest BCUT2D eigenvalue weighted by Crippen LogP contribution is 2.25. The van der Waals surface area contributed by atoms with E-state index in [0.717, 1.165) is 6.29 Å². The molecule has 0 atom stereocenters. The Bertz CT molecular complexity index is 339. The quantitative estimate of drug-likeness (QED) is 0.724. The number of aryl methyl sites for hydroxylation is 1. The SMILES string of the molecule is COc1cc(Cl)c(F)c(CCC=O)c1. The highest BCUT2D eigenvalue weighted by atomic mass is 35.5. The normalized spacial score (nSPS) is 9.93. The zero-order valence-electron chi connectivity index (χ0n) is 7.72. The van der Waals surface area contributed by atoms with Crippen molar-refractivity contribution in [2.75, 3.05) is 7.11 Å². The molecule has 1 rings (SSSR count). The number of halogens is 2. The van der Waals surface area contributed by atoms with Gasteiger partial charge in [-0.2, -0.15) is 0 Å². The van der Waals surface area contributed by atoms with Gasteiger partial charge in [0.25, 0.3) is 0 Å². The van der Waals surface area contributed by atoms with Crippen molar-refractivity contribution in [1.82, 2.24) is 0 Å². The predicted molar refractivity (Wildman–Crippen MR) is 52.3 cm³/mol. The summed E-state index contributed by atoms with van der Waals surface area (Å²) in [5.41, 5.74) is 0.404. The number of benzene rings is 1. The minimum absolute atomic E-state index is 0.0187. The minimum atomic E-state index is -0.477. The number of hydrogen-bond acceptors (Lipinski definition) is 2. The van der Waals surface area contributed by atoms with E-state index in [0.29, 0.717) is 17.7 Å². The van der Waals surface area contributed by atoms with Crippen LogP contribution < -0.4 is 4.74 Å². The number of hydrogen-bond donors (Lipinski definition) is 0. The van der Waals surface area contributed by atoms with E-state index < -0.39 is 5.82 Å². The molecule has 0 aliphatic heterocycles. The number of rotatable bonds is 4. The van der Waals surface area contributed by atoms with Crippen molar-refractivity contribution < 1.29 is 13.9 Å². The Balaban J connectivity index is 3.00. The largest absolute Gasteiger partial charge is 0.497 e. The van der Waals surface area contributed by atoms with Gasteiger partial charge < -0.3 is 9.53 Å². The topological polar surface area (TPSA) is 26.3 Å². The van der Waals surface area contributed by atoms with Gasteiger partial charge >= 0.3 is 0 Å². The van der Waals surface area contributed by atoms with E-state index in [4.69, 9.17) is 16.3 Å². The van der Waals surface area contributed by atoms with Gasteiger partial charge in [-0.3, -0.25) is 0 Å². The van der Waals surface area contributed by atoms with Gasteiger partial charge in [0.15, 0.2) is 0 Å². The van der Waals surface area contributed by atoms with Gasteiger partial charge in [-0.05, 0) is 18.1 Å². The molecule has 0 N–H and O–H groups in total. The van der Waals surface area contributed by atoms with E-state index in [-0.39, 0.29) is 11.4 Å². The third kappa shape index (κ3) is 2.45. The predicted octanol–water partition coefficient (Wildman–Crippen LogP) is 2.62. The first-order valence-corrected chi connectivity index (χ1v) is 4.52. The summed E-state index contributed by atoms with van der Waals surface area (Å²) in [5.74, 6) is 0.0200. The van der Waals surface area contributed by atoms with E-state index in [1.807, 2.05) is 0 Å². The van der Waals surface area contributed by atoms with Crippen LogP contribution in [0.4, 0.5) is 4.39 Å².